The Bertz CT molecular complexity index is 796. The summed E-state index contributed by atoms with van der Waals surface area (Å²) in [6.07, 6.45) is 0. The molecule has 0 radical (unpaired) electrons. The summed E-state index contributed by atoms with van der Waals surface area (Å²) in [7, 11) is -2.59. The van der Waals surface area contributed by atoms with Crippen LogP contribution in [0.2, 0.25) is 10.0 Å². The number of nitrogens with zero attached hydrogens (tertiary/aromatic N) is 1. The van der Waals surface area contributed by atoms with Crippen molar-refractivity contribution < 1.29 is 12.8 Å². The Morgan fingerprint density at radius 1 is 1.14 bits per heavy atom. The molecule has 0 spiro atoms. The third-order valence-corrected chi connectivity index (χ3v) is 5.98. The molecule has 118 valence electrons. The van der Waals surface area contributed by atoms with E-state index in [1.54, 1.807) is 25.1 Å². The third-order valence-electron chi connectivity index (χ3n) is 3.45. The molecule has 0 aliphatic rings. The van der Waals surface area contributed by atoms with Gasteiger partial charge in [0.1, 0.15) is 10.7 Å². The van der Waals surface area contributed by atoms with Gasteiger partial charge < -0.3 is 0 Å². The quantitative estimate of drug-likeness (QED) is 0.802. The lowest BCUT2D eigenvalue weighted by Gasteiger charge is -2.25. The zero-order valence-electron chi connectivity index (χ0n) is 11.9. The highest BCUT2D eigenvalue weighted by Gasteiger charge is 2.29. The molecule has 0 aliphatic carbocycles. The zero-order chi connectivity index (χ0) is 16.5. The third kappa shape index (κ3) is 3.27. The number of hydrogen-bond donors (Lipinski definition) is 0. The standard InChI is InChI=1S/C15H14Cl2FNO2S/c1-10(12-8-7-11(16)9-13(12)17)19(2)22(20,21)15-6-4-3-5-14(15)18/h3-10H,1-2H3. The number of benzene rings is 2. The van der Waals surface area contributed by atoms with Crippen LogP contribution in [0.3, 0.4) is 0 Å². The molecule has 0 amide bonds. The molecule has 22 heavy (non-hydrogen) atoms. The average molecular weight is 362 g/mol. The maximum atomic E-state index is 13.8. The van der Waals surface area contributed by atoms with E-state index in [9.17, 15) is 12.8 Å². The molecule has 0 bridgehead atoms. The lowest BCUT2D eigenvalue weighted by Crippen LogP contribution is -2.30. The number of rotatable bonds is 4. The van der Waals surface area contributed by atoms with Gasteiger partial charge in [0.05, 0.1) is 0 Å². The van der Waals surface area contributed by atoms with Crippen LogP contribution in [0.5, 0.6) is 0 Å². The van der Waals surface area contributed by atoms with Crippen LogP contribution in [0.15, 0.2) is 47.4 Å². The number of halogens is 3. The van der Waals surface area contributed by atoms with Crippen LogP contribution in [0.1, 0.15) is 18.5 Å². The van der Waals surface area contributed by atoms with E-state index in [-0.39, 0.29) is 4.90 Å². The van der Waals surface area contributed by atoms with Crippen molar-refractivity contribution in [1.82, 2.24) is 4.31 Å². The number of hydrogen-bond acceptors (Lipinski definition) is 2. The molecule has 0 N–H and O–H groups in total. The van der Waals surface area contributed by atoms with Crippen molar-refractivity contribution in [2.24, 2.45) is 0 Å². The first-order valence-electron chi connectivity index (χ1n) is 6.42. The summed E-state index contributed by atoms with van der Waals surface area (Å²) in [5, 5.41) is 0.816. The summed E-state index contributed by atoms with van der Waals surface area (Å²) in [5.41, 5.74) is 0.591. The molecule has 0 aliphatic heterocycles. The fourth-order valence-electron chi connectivity index (χ4n) is 2.05. The largest absolute Gasteiger partial charge is 0.246 e. The van der Waals surface area contributed by atoms with Crippen LogP contribution in [-0.2, 0) is 10.0 Å². The van der Waals surface area contributed by atoms with Gasteiger partial charge in [-0.05, 0) is 36.8 Å². The van der Waals surface area contributed by atoms with Crippen LogP contribution >= 0.6 is 23.2 Å². The first kappa shape index (κ1) is 17.2. The SMILES string of the molecule is CC(c1ccc(Cl)cc1Cl)N(C)S(=O)(=O)c1ccccc1F. The van der Waals surface area contributed by atoms with E-state index in [4.69, 9.17) is 23.2 Å². The van der Waals surface area contributed by atoms with Crippen molar-refractivity contribution in [1.29, 1.82) is 0 Å². The Morgan fingerprint density at radius 3 is 2.36 bits per heavy atom. The second kappa shape index (κ2) is 6.54. The fraction of sp³-hybridized carbons (Fsp3) is 0.200. The molecule has 0 saturated heterocycles. The van der Waals surface area contributed by atoms with Gasteiger partial charge in [0, 0.05) is 23.1 Å². The molecule has 0 fully saturated rings. The molecule has 7 heteroatoms. The summed E-state index contributed by atoms with van der Waals surface area (Å²) in [4.78, 5) is -0.366. The van der Waals surface area contributed by atoms with Gasteiger partial charge in [-0.1, -0.05) is 41.4 Å². The normalized spacial score (nSPS) is 13.4. The van der Waals surface area contributed by atoms with E-state index >= 15 is 0 Å². The van der Waals surface area contributed by atoms with Gasteiger partial charge in [-0.2, -0.15) is 4.31 Å². The van der Waals surface area contributed by atoms with Gasteiger partial charge in [0.2, 0.25) is 10.0 Å². The van der Waals surface area contributed by atoms with Gasteiger partial charge >= 0.3 is 0 Å². The second-order valence-corrected chi connectivity index (χ2v) is 7.60. The van der Waals surface area contributed by atoms with Crippen molar-refractivity contribution in [3.63, 3.8) is 0 Å². The summed E-state index contributed by atoms with van der Waals surface area (Å²) in [6, 6.07) is 9.51. The van der Waals surface area contributed by atoms with E-state index in [0.717, 1.165) is 10.4 Å². The minimum absolute atomic E-state index is 0.357. The summed E-state index contributed by atoms with van der Waals surface area (Å²) < 4.78 is 40.0. The van der Waals surface area contributed by atoms with Crippen LogP contribution in [0, 0.1) is 5.82 Å². The molecule has 1 atom stereocenters. The van der Waals surface area contributed by atoms with E-state index in [1.807, 2.05) is 0 Å². The molecule has 2 rings (SSSR count). The maximum absolute atomic E-state index is 13.8. The Kier molecular flexibility index (Phi) is 5.12. The highest BCUT2D eigenvalue weighted by atomic mass is 35.5. The van der Waals surface area contributed by atoms with Gasteiger partial charge in [0.25, 0.3) is 0 Å². The second-order valence-electron chi connectivity index (χ2n) is 4.79. The van der Waals surface area contributed by atoms with Crippen LogP contribution in [-0.4, -0.2) is 19.8 Å². The van der Waals surface area contributed by atoms with Crippen molar-refractivity contribution >= 4 is 33.2 Å². The molecular weight excluding hydrogens is 348 g/mol. The maximum Gasteiger partial charge on any atom is 0.246 e. The van der Waals surface area contributed by atoms with Crippen LogP contribution in [0.4, 0.5) is 4.39 Å². The van der Waals surface area contributed by atoms with E-state index < -0.39 is 21.9 Å². The minimum Gasteiger partial charge on any atom is -0.207 e. The lowest BCUT2D eigenvalue weighted by atomic mass is 10.1. The van der Waals surface area contributed by atoms with E-state index in [0.29, 0.717) is 15.6 Å². The smallest absolute Gasteiger partial charge is 0.207 e. The first-order chi connectivity index (χ1) is 10.2. The zero-order valence-corrected chi connectivity index (χ0v) is 14.3. The molecule has 1 unspecified atom stereocenters. The first-order valence-corrected chi connectivity index (χ1v) is 8.62. The molecule has 3 nitrogen and oxygen atoms in total. The van der Waals surface area contributed by atoms with E-state index in [1.165, 1.54) is 25.2 Å². The van der Waals surface area contributed by atoms with Gasteiger partial charge in [-0.15, -0.1) is 0 Å². The molecule has 0 aromatic heterocycles. The monoisotopic (exact) mass is 361 g/mol. The van der Waals surface area contributed by atoms with Crippen molar-refractivity contribution in [2.75, 3.05) is 7.05 Å². The number of sulfonamides is 1. The molecule has 0 saturated carbocycles. The topological polar surface area (TPSA) is 37.4 Å². The van der Waals surface area contributed by atoms with Crippen LogP contribution in [0.25, 0.3) is 0 Å². The van der Waals surface area contributed by atoms with Gasteiger partial charge in [0.15, 0.2) is 0 Å². The Hall–Kier alpha value is -1.14. The van der Waals surface area contributed by atoms with Crippen LogP contribution < -0.4 is 0 Å². The van der Waals surface area contributed by atoms with Gasteiger partial charge in [-0.3, -0.25) is 0 Å². The van der Waals surface area contributed by atoms with Crippen molar-refractivity contribution in [2.45, 2.75) is 17.9 Å². The summed E-state index contributed by atoms with van der Waals surface area (Å²) >= 11 is 12.0. The Labute approximate surface area is 139 Å². The van der Waals surface area contributed by atoms with Crippen molar-refractivity contribution in [3.8, 4) is 0 Å². The minimum atomic E-state index is -3.98. The van der Waals surface area contributed by atoms with E-state index in [2.05, 4.69) is 0 Å². The average Bonchev–Trinajstić information content (AvgIpc) is 2.46. The lowest BCUT2D eigenvalue weighted by molar-refractivity contribution is 0.395. The molecule has 2 aromatic carbocycles. The summed E-state index contributed by atoms with van der Waals surface area (Å²) in [5.74, 6) is -0.788. The molecule has 2 aromatic rings. The highest BCUT2D eigenvalue weighted by molar-refractivity contribution is 7.89. The Morgan fingerprint density at radius 2 is 1.77 bits per heavy atom. The predicted octanol–water partition coefficient (Wildman–Crippen LogP) is 4.51. The Balaban J connectivity index is 2.42. The van der Waals surface area contributed by atoms with Gasteiger partial charge in [-0.25, -0.2) is 12.8 Å². The molecule has 0 heterocycles. The fourth-order valence-corrected chi connectivity index (χ4v) is 4.02. The van der Waals surface area contributed by atoms with Crippen molar-refractivity contribution in [3.05, 3.63) is 63.9 Å². The predicted molar refractivity (Wildman–Crippen MR) is 86.2 cm³/mol. The highest BCUT2D eigenvalue weighted by Crippen LogP contribution is 2.32. The molecular formula is C15H14Cl2FNO2S. The summed E-state index contributed by atoms with van der Waals surface area (Å²) in [6.45, 7) is 1.67.